The van der Waals surface area contributed by atoms with Gasteiger partial charge in [-0.15, -0.1) is 11.8 Å². The van der Waals surface area contributed by atoms with Crippen LogP contribution in [0.1, 0.15) is 20.8 Å². The summed E-state index contributed by atoms with van der Waals surface area (Å²) in [6, 6.07) is 5.06. The van der Waals surface area contributed by atoms with E-state index in [9.17, 15) is 10.2 Å². The Kier molecular flexibility index (Phi) is 5.97. The molecular formula is C14H23NO3S. The fraction of sp³-hybridized carbons (Fsp3) is 0.571. The third kappa shape index (κ3) is 6.18. The van der Waals surface area contributed by atoms with E-state index in [1.54, 1.807) is 18.2 Å². The van der Waals surface area contributed by atoms with Crippen LogP contribution in [0, 0.1) is 0 Å². The predicted molar refractivity (Wildman–Crippen MR) is 79.1 cm³/mol. The lowest BCUT2D eigenvalue weighted by Gasteiger charge is -2.23. The van der Waals surface area contributed by atoms with Crippen molar-refractivity contribution in [3.05, 3.63) is 18.2 Å². The number of phenols is 1. The van der Waals surface area contributed by atoms with Crippen molar-refractivity contribution in [2.24, 2.45) is 0 Å². The number of β-amino-alcohol motifs (C(OH)–C–C–N with tert-alkyl or cyclic N) is 1. The summed E-state index contributed by atoms with van der Waals surface area (Å²) in [5, 5.41) is 22.6. The molecule has 1 aromatic carbocycles. The lowest BCUT2D eigenvalue weighted by Crippen LogP contribution is -2.42. The van der Waals surface area contributed by atoms with Crippen molar-refractivity contribution in [1.82, 2.24) is 5.32 Å². The first kappa shape index (κ1) is 16.1. The van der Waals surface area contributed by atoms with Gasteiger partial charge in [0.05, 0.1) is 4.90 Å². The number of thioether (sulfide) groups is 1. The predicted octanol–water partition coefficient (Wildman–Crippen LogP) is 2.24. The average Bonchev–Trinajstić information content (AvgIpc) is 2.34. The van der Waals surface area contributed by atoms with Crippen molar-refractivity contribution >= 4 is 11.8 Å². The Morgan fingerprint density at radius 3 is 2.63 bits per heavy atom. The van der Waals surface area contributed by atoms with Gasteiger partial charge in [0.2, 0.25) is 0 Å². The van der Waals surface area contributed by atoms with Gasteiger partial charge in [-0.2, -0.15) is 0 Å². The molecule has 0 radical (unpaired) electrons. The molecule has 5 heteroatoms. The minimum Gasteiger partial charge on any atom is -0.507 e. The van der Waals surface area contributed by atoms with Gasteiger partial charge in [-0.25, -0.2) is 0 Å². The Bertz CT molecular complexity index is 404. The van der Waals surface area contributed by atoms with E-state index >= 15 is 0 Å². The van der Waals surface area contributed by atoms with E-state index in [1.165, 1.54) is 11.8 Å². The van der Waals surface area contributed by atoms with E-state index in [0.29, 0.717) is 12.3 Å². The van der Waals surface area contributed by atoms with Crippen molar-refractivity contribution in [3.63, 3.8) is 0 Å². The van der Waals surface area contributed by atoms with E-state index < -0.39 is 6.10 Å². The van der Waals surface area contributed by atoms with Gasteiger partial charge in [0.15, 0.2) is 0 Å². The Hall–Kier alpha value is -0.910. The van der Waals surface area contributed by atoms with E-state index in [-0.39, 0.29) is 17.9 Å². The molecule has 0 bridgehead atoms. The smallest absolute Gasteiger partial charge is 0.129 e. The van der Waals surface area contributed by atoms with Crippen LogP contribution in [0.15, 0.2) is 23.1 Å². The number of rotatable bonds is 6. The van der Waals surface area contributed by atoms with Gasteiger partial charge in [0, 0.05) is 12.1 Å². The van der Waals surface area contributed by atoms with Gasteiger partial charge in [-0.1, -0.05) is 0 Å². The summed E-state index contributed by atoms with van der Waals surface area (Å²) in [6.45, 7) is 6.85. The molecule has 4 nitrogen and oxygen atoms in total. The molecule has 19 heavy (non-hydrogen) atoms. The molecular weight excluding hydrogens is 262 g/mol. The number of hydrogen-bond acceptors (Lipinski definition) is 5. The molecule has 1 atom stereocenters. The highest BCUT2D eigenvalue weighted by Crippen LogP contribution is 2.30. The second-order valence-electron chi connectivity index (χ2n) is 5.43. The lowest BCUT2D eigenvalue weighted by molar-refractivity contribution is 0.0999. The van der Waals surface area contributed by atoms with Crippen LogP contribution in [0.3, 0.4) is 0 Å². The monoisotopic (exact) mass is 285 g/mol. The average molecular weight is 285 g/mol. The minimum atomic E-state index is -0.564. The molecule has 0 aliphatic rings. The van der Waals surface area contributed by atoms with Gasteiger partial charge in [0.1, 0.15) is 24.2 Å². The second-order valence-corrected chi connectivity index (χ2v) is 6.28. The molecule has 0 saturated carbocycles. The summed E-state index contributed by atoms with van der Waals surface area (Å²) in [4.78, 5) is 0.764. The van der Waals surface area contributed by atoms with Crippen LogP contribution < -0.4 is 10.1 Å². The summed E-state index contributed by atoms with van der Waals surface area (Å²) < 4.78 is 5.52. The summed E-state index contributed by atoms with van der Waals surface area (Å²) >= 11 is 1.45. The molecule has 108 valence electrons. The normalized spacial score (nSPS) is 13.3. The molecule has 3 N–H and O–H groups in total. The zero-order valence-electron chi connectivity index (χ0n) is 11.9. The largest absolute Gasteiger partial charge is 0.507 e. The maximum atomic E-state index is 9.81. The van der Waals surface area contributed by atoms with Crippen molar-refractivity contribution < 1.29 is 14.9 Å². The summed E-state index contributed by atoms with van der Waals surface area (Å²) in [6.07, 6.45) is 1.33. The number of aromatic hydroxyl groups is 1. The zero-order chi connectivity index (χ0) is 14.5. The quantitative estimate of drug-likeness (QED) is 0.700. The van der Waals surface area contributed by atoms with Gasteiger partial charge in [-0.05, 0) is 45.2 Å². The molecule has 0 saturated heterocycles. The van der Waals surface area contributed by atoms with Crippen LogP contribution in [0.4, 0.5) is 0 Å². The van der Waals surface area contributed by atoms with Gasteiger partial charge >= 0.3 is 0 Å². The molecule has 1 aromatic rings. The van der Waals surface area contributed by atoms with Crippen molar-refractivity contribution in [1.29, 1.82) is 0 Å². The van der Waals surface area contributed by atoms with Gasteiger partial charge in [0.25, 0.3) is 0 Å². The fourth-order valence-electron chi connectivity index (χ4n) is 1.42. The first-order valence-corrected chi connectivity index (χ1v) is 7.47. The Morgan fingerprint density at radius 1 is 1.37 bits per heavy atom. The molecule has 0 aliphatic heterocycles. The zero-order valence-corrected chi connectivity index (χ0v) is 12.8. The molecule has 0 heterocycles. The van der Waals surface area contributed by atoms with Crippen LogP contribution in [0.2, 0.25) is 0 Å². The number of nitrogens with one attached hydrogen (secondary N) is 1. The standard InChI is InChI=1S/C14H23NO3S/c1-14(2,3)15-8-10(16)9-18-11-5-6-12(17)13(7-11)19-4/h5-7,10,15-17H,8-9H2,1-4H3. The second kappa shape index (κ2) is 7.03. The summed E-state index contributed by atoms with van der Waals surface area (Å²) in [5.74, 6) is 0.895. The minimum absolute atomic E-state index is 0.0223. The molecule has 0 aliphatic carbocycles. The number of phenolic OH excluding ortho intramolecular Hbond substituents is 1. The SMILES string of the molecule is CSc1cc(OCC(O)CNC(C)(C)C)ccc1O. The molecule has 0 aromatic heterocycles. The molecule has 0 amide bonds. The van der Waals surface area contributed by atoms with Crippen LogP contribution in [-0.2, 0) is 0 Å². The van der Waals surface area contributed by atoms with E-state index in [4.69, 9.17) is 4.74 Å². The van der Waals surface area contributed by atoms with E-state index in [1.807, 2.05) is 27.0 Å². The van der Waals surface area contributed by atoms with Crippen molar-refractivity contribution in [2.75, 3.05) is 19.4 Å². The molecule has 0 fully saturated rings. The highest BCUT2D eigenvalue weighted by atomic mass is 32.2. The highest BCUT2D eigenvalue weighted by Gasteiger charge is 2.12. The third-order valence-electron chi connectivity index (χ3n) is 2.46. The van der Waals surface area contributed by atoms with E-state index in [0.717, 1.165) is 4.90 Å². The van der Waals surface area contributed by atoms with Crippen LogP contribution in [0.25, 0.3) is 0 Å². The van der Waals surface area contributed by atoms with Crippen LogP contribution >= 0.6 is 11.8 Å². The first-order valence-electron chi connectivity index (χ1n) is 6.25. The molecule has 1 unspecified atom stereocenters. The number of aliphatic hydroxyl groups excluding tert-OH is 1. The van der Waals surface area contributed by atoms with Gasteiger partial charge < -0.3 is 20.3 Å². The van der Waals surface area contributed by atoms with Crippen LogP contribution in [0.5, 0.6) is 11.5 Å². The number of aliphatic hydroxyl groups is 1. The Morgan fingerprint density at radius 2 is 2.05 bits per heavy atom. The first-order chi connectivity index (χ1) is 8.81. The highest BCUT2D eigenvalue weighted by molar-refractivity contribution is 7.98. The maximum Gasteiger partial charge on any atom is 0.129 e. The summed E-state index contributed by atoms with van der Waals surface area (Å²) in [7, 11) is 0. The molecule has 1 rings (SSSR count). The van der Waals surface area contributed by atoms with Crippen molar-refractivity contribution in [3.8, 4) is 11.5 Å². The van der Waals surface area contributed by atoms with Crippen molar-refractivity contribution in [2.45, 2.75) is 37.3 Å². The molecule has 0 spiro atoms. The summed E-state index contributed by atoms with van der Waals surface area (Å²) in [5.41, 5.74) is -0.0223. The Labute approximate surface area is 119 Å². The maximum absolute atomic E-state index is 9.81. The number of benzene rings is 1. The van der Waals surface area contributed by atoms with Crippen LogP contribution in [-0.4, -0.2) is 41.3 Å². The number of hydrogen-bond donors (Lipinski definition) is 3. The van der Waals surface area contributed by atoms with E-state index in [2.05, 4.69) is 5.32 Å². The number of ether oxygens (including phenoxy) is 1. The fourth-order valence-corrected chi connectivity index (χ4v) is 1.93. The van der Waals surface area contributed by atoms with Gasteiger partial charge in [-0.3, -0.25) is 0 Å². The lowest BCUT2D eigenvalue weighted by atomic mass is 10.1. The topological polar surface area (TPSA) is 61.7 Å². The third-order valence-corrected chi connectivity index (χ3v) is 3.23. The Balaban J connectivity index is 2.44.